The van der Waals surface area contributed by atoms with Crippen molar-refractivity contribution < 1.29 is 0 Å². The first-order chi connectivity index (χ1) is 9.99. The molecule has 0 spiro atoms. The summed E-state index contributed by atoms with van der Waals surface area (Å²) in [6.45, 7) is 14.3. The molecule has 0 fully saturated rings. The van der Waals surface area contributed by atoms with Crippen molar-refractivity contribution in [1.82, 2.24) is 0 Å². The quantitative estimate of drug-likeness (QED) is 0.167. The number of unbranched alkanes of at least 4 members (excludes halogenated alkanes) is 2. The Balaban J connectivity index is -0.00000200. The van der Waals surface area contributed by atoms with E-state index in [4.69, 9.17) is 0 Å². The molecule has 0 aliphatic heterocycles. The minimum Gasteiger partial charge on any atom is -0.114 e. The molecular weight excluding hydrogens is 450 g/mol. The summed E-state index contributed by atoms with van der Waals surface area (Å²) >= 11 is 0. The van der Waals surface area contributed by atoms with Crippen LogP contribution in [0.2, 0.25) is 0 Å². The van der Waals surface area contributed by atoms with Gasteiger partial charge < -0.3 is 0 Å². The van der Waals surface area contributed by atoms with Crippen molar-refractivity contribution in [2.75, 3.05) is 30.6 Å². The molecule has 144 valence electrons. The summed E-state index contributed by atoms with van der Waals surface area (Å²) in [6.07, 6.45) is 14.9. The highest BCUT2D eigenvalue weighted by molar-refractivity contribution is 8.93. The van der Waals surface area contributed by atoms with Crippen LogP contribution in [0.15, 0.2) is 0 Å². The first-order valence-corrected chi connectivity index (χ1v) is 13.2. The van der Waals surface area contributed by atoms with Crippen molar-refractivity contribution in [3.63, 3.8) is 0 Å². The van der Waals surface area contributed by atoms with Crippen molar-refractivity contribution in [3.8, 4) is 0 Å². The number of halogens is 2. The normalized spacial score (nSPS) is 13.6. The van der Waals surface area contributed by atoms with Crippen LogP contribution >= 0.6 is 49.8 Å². The Bertz CT molecular complexity index is 201. The van der Waals surface area contributed by atoms with Gasteiger partial charge in [-0.3, -0.25) is 0 Å². The van der Waals surface area contributed by atoms with Gasteiger partial charge in [0.25, 0.3) is 0 Å². The van der Waals surface area contributed by atoms with Crippen LogP contribution in [0.25, 0.3) is 0 Å². The molecule has 0 amide bonds. The molecule has 0 rings (SSSR count). The molecule has 0 bridgehead atoms. The fourth-order valence-corrected chi connectivity index (χ4v) is 9.68. The lowest BCUT2D eigenvalue weighted by Gasteiger charge is -2.23. The van der Waals surface area contributed by atoms with E-state index in [2.05, 4.69) is 41.5 Å². The van der Waals surface area contributed by atoms with E-state index in [0.717, 1.165) is 11.8 Å². The molecule has 23 heavy (non-hydrogen) atoms. The maximum absolute atomic E-state index is 2.44. The SMILES string of the molecule is Br.Br.CCP(CCCCC(C)C)CP(CC)CCCCC(C)C. The Kier molecular flexibility index (Phi) is 25.9. The summed E-state index contributed by atoms with van der Waals surface area (Å²) in [7, 11) is 0.722. The lowest BCUT2D eigenvalue weighted by molar-refractivity contribution is 0.551. The first-order valence-electron chi connectivity index (χ1n) is 9.44. The minimum absolute atomic E-state index is 0. The molecule has 0 saturated heterocycles. The molecule has 0 aliphatic carbocycles. The number of rotatable bonds is 14. The van der Waals surface area contributed by atoms with Crippen LogP contribution in [0.5, 0.6) is 0 Å². The largest absolute Gasteiger partial charge is 0.114 e. The van der Waals surface area contributed by atoms with Crippen molar-refractivity contribution in [1.29, 1.82) is 0 Å². The van der Waals surface area contributed by atoms with Gasteiger partial charge in [0.1, 0.15) is 0 Å². The second-order valence-electron chi connectivity index (χ2n) is 7.34. The Morgan fingerprint density at radius 2 is 0.957 bits per heavy atom. The molecule has 0 aromatic carbocycles. The second-order valence-corrected chi connectivity index (χ2v) is 13.3. The fourth-order valence-electron chi connectivity index (χ4n) is 2.72. The van der Waals surface area contributed by atoms with Gasteiger partial charge in [-0.1, -0.05) is 67.2 Å². The van der Waals surface area contributed by atoms with Crippen molar-refractivity contribution in [2.45, 2.75) is 80.1 Å². The first kappa shape index (κ1) is 29.6. The summed E-state index contributed by atoms with van der Waals surface area (Å²) in [4.78, 5) is 0. The van der Waals surface area contributed by atoms with E-state index in [1.807, 2.05) is 0 Å². The van der Waals surface area contributed by atoms with Gasteiger partial charge in [0, 0.05) is 0 Å². The van der Waals surface area contributed by atoms with Gasteiger partial charge in [0.2, 0.25) is 0 Å². The van der Waals surface area contributed by atoms with E-state index in [9.17, 15) is 0 Å². The van der Waals surface area contributed by atoms with Crippen LogP contribution in [0.4, 0.5) is 0 Å². The third kappa shape index (κ3) is 20.0. The molecule has 0 heterocycles. The molecule has 0 N–H and O–H groups in total. The van der Waals surface area contributed by atoms with Gasteiger partial charge in [-0.05, 0) is 55.2 Å². The molecule has 0 aliphatic rings. The summed E-state index contributed by atoms with van der Waals surface area (Å²) in [6, 6.07) is 0. The summed E-state index contributed by atoms with van der Waals surface area (Å²) in [5.41, 5.74) is 0. The van der Waals surface area contributed by atoms with Gasteiger partial charge >= 0.3 is 0 Å². The van der Waals surface area contributed by atoms with E-state index in [1.165, 1.54) is 50.8 Å². The van der Waals surface area contributed by atoms with Crippen LogP contribution < -0.4 is 0 Å². The van der Waals surface area contributed by atoms with Crippen molar-refractivity contribution in [2.24, 2.45) is 11.8 Å². The molecule has 4 heteroatoms. The highest BCUT2D eigenvalue weighted by Crippen LogP contribution is 2.51. The Morgan fingerprint density at radius 3 is 1.22 bits per heavy atom. The predicted molar refractivity (Wildman–Crippen MR) is 128 cm³/mol. The standard InChI is InChI=1S/C19H42P2.2BrH/c1-7-20(15-11-9-13-18(3)4)17-21(8-2)16-12-10-14-19(5)6;;/h18-19H,7-17H2,1-6H3;2*1H. The average Bonchev–Trinajstić information content (AvgIpc) is 2.44. The smallest absolute Gasteiger partial charge is 0.0121 e. The minimum atomic E-state index is 0. The zero-order chi connectivity index (χ0) is 16.1. The molecule has 0 nitrogen and oxygen atoms in total. The van der Waals surface area contributed by atoms with Gasteiger partial charge in [0.05, 0.1) is 0 Å². The van der Waals surface area contributed by atoms with Gasteiger partial charge in [-0.25, -0.2) is 0 Å². The van der Waals surface area contributed by atoms with E-state index in [1.54, 1.807) is 18.2 Å². The molecule has 0 radical (unpaired) electrons. The van der Waals surface area contributed by atoms with Crippen LogP contribution in [0.3, 0.4) is 0 Å². The van der Waals surface area contributed by atoms with Gasteiger partial charge in [-0.2, -0.15) is 0 Å². The van der Waals surface area contributed by atoms with E-state index in [0.29, 0.717) is 15.8 Å². The van der Waals surface area contributed by atoms with Crippen molar-refractivity contribution in [3.05, 3.63) is 0 Å². The maximum atomic E-state index is 2.44. The molecule has 2 unspecified atom stereocenters. The molecule has 2 atom stereocenters. The van der Waals surface area contributed by atoms with Crippen LogP contribution in [-0.2, 0) is 0 Å². The Labute approximate surface area is 171 Å². The lowest BCUT2D eigenvalue weighted by atomic mass is 10.1. The molecule has 0 aromatic heterocycles. The summed E-state index contributed by atoms with van der Waals surface area (Å²) in [5, 5.41) is 0. The van der Waals surface area contributed by atoms with Gasteiger partial charge in [0.15, 0.2) is 0 Å². The van der Waals surface area contributed by atoms with Crippen LogP contribution in [0.1, 0.15) is 80.1 Å². The molecule has 0 saturated carbocycles. The molecule has 0 aromatic rings. The fraction of sp³-hybridized carbons (Fsp3) is 1.00. The monoisotopic (exact) mass is 492 g/mol. The number of hydrogen-bond acceptors (Lipinski definition) is 0. The number of hydrogen-bond donors (Lipinski definition) is 0. The Hall–Kier alpha value is 1.82. The van der Waals surface area contributed by atoms with Crippen LogP contribution in [-0.4, -0.2) is 30.6 Å². The van der Waals surface area contributed by atoms with E-state index >= 15 is 0 Å². The van der Waals surface area contributed by atoms with Gasteiger partial charge in [-0.15, -0.1) is 49.8 Å². The zero-order valence-electron chi connectivity index (χ0n) is 16.6. The maximum Gasteiger partial charge on any atom is -0.0121 e. The topological polar surface area (TPSA) is 0 Å². The summed E-state index contributed by atoms with van der Waals surface area (Å²) < 4.78 is 0. The van der Waals surface area contributed by atoms with Crippen LogP contribution in [0, 0.1) is 11.8 Å². The highest BCUT2D eigenvalue weighted by atomic mass is 79.9. The summed E-state index contributed by atoms with van der Waals surface area (Å²) in [5.74, 6) is 3.42. The average molecular weight is 494 g/mol. The predicted octanol–water partition coefficient (Wildman–Crippen LogP) is 8.76. The zero-order valence-corrected chi connectivity index (χ0v) is 21.9. The van der Waals surface area contributed by atoms with Crippen molar-refractivity contribution >= 4 is 49.8 Å². The third-order valence-electron chi connectivity index (χ3n) is 4.31. The van der Waals surface area contributed by atoms with E-state index < -0.39 is 0 Å². The lowest BCUT2D eigenvalue weighted by Crippen LogP contribution is -1.98. The Morgan fingerprint density at radius 1 is 0.609 bits per heavy atom. The second kappa shape index (κ2) is 20.1. The molecular formula is C19H44Br2P2. The highest BCUT2D eigenvalue weighted by Gasteiger charge is 2.12. The van der Waals surface area contributed by atoms with E-state index in [-0.39, 0.29) is 34.0 Å². The third-order valence-corrected chi connectivity index (χ3v) is 11.2.